The Morgan fingerprint density at radius 2 is 2.00 bits per heavy atom. The van der Waals surface area contributed by atoms with Gasteiger partial charge in [-0.25, -0.2) is 8.42 Å². The highest BCUT2D eigenvalue weighted by Gasteiger charge is 2.35. The summed E-state index contributed by atoms with van der Waals surface area (Å²) in [6, 6.07) is 8.96. The van der Waals surface area contributed by atoms with Crippen molar-refractivity contribution in [2.75, 3.05) is 6.54 Å². The Morgan fingerprint density at radius 3 is 2.65 bits per heavy atom. The molecule has 0 aliphatic carbocycles. The first-order valence-electron chi connectivity index (χ1n) is 7.26. The molecule has 1 saturated heterocycles. The molecule has 1 heterocycles. The summed E-state index contributed by atoms with van der Waals surface area (Å²) in [6.45, 7) is 2.41. The number of nitrogens with zero attached hydrogens (tertiary/aromatic N) is 1. The zero-order valence-electron chi connectivity index (χ0n) is 11.9. The molecule has 1 N–H and O–H groups in total. The molecule has 2 rings (SSSR count). The van der Waals surface area contributed by atoms with E-state index in [0.29, 0.717) is 13.0 Å². The molecular formula is C15H23NO3S. The molecule has 112 valence electrons. The van der Waals surface area contributed by atoms with Crippen molar-refractivity contribution < 1.29 is 13.5 Å². The molecule has 0 amide bonds. The first kappa shape index (κ1) is 15.5. The fraction of sp³-hybridized carbons (Fsp3) is 0.600. The van der Waals surface area contributed by atoms with E-state index in [-0.39, 0.29) is 11.8 Å². The monoisotopic (exact) mass is 297 g/mol. The topological polar surface area (TPSA) is 57.6 Å². The molecule has 1 aromatic carbocycles. The Bertz CT molecular complexity index is 515. The number of piperidine rings is 1. The second kappa shape index (κ2) is 6.70. The second-order valence-corrected chi connectivity index (χ2v) is 7.31. The Balaban J connectivity index is 2.18. The molecule has 1 aliphatic heterocycles. The van der Waals surface area contributed by atoms with Crippen LogP contribution in [0.1, 0.15) is 38.2 Å². The normalized spacial score (nSPS) is 22.6. The van der Waals surface area contributed by atoms with Crippen LogP contribution in [0.2, 0.25) is 0 Å². The average Bonchev–Trinajstić information content (AvgIpc) is 2.47. The summed E-state index contributed by atoms with van der Waals surface area (Å²) in [5, 5.41) is 10.1. The third-order valence-electron chi connectivity index (χ3n) is 3.91. The Labute approximate surface area is 121 Å². The van der Waals surface area contributed by atoms with Gasteiger partial charge in [0.1, 0.15) is 0 Å². The Kier molecular flexibility index (Phi) is 5.18. The standard InChI is InChI=1S/C15H23NO3S/c1-2-15(17)14-10-6-7-11-16(14)20(18,19)12-13-8-4-3-5-9-13/h3-5,8-9,14-15,17H,2,6-7,10-12H2,1H3/t14-,15+/m0/s1. The molecule has 0 aromatic heterocycles. The first-order chi connectivity index (χ1) is 9.54. The molecule has 0 spiro atoms. The fourth-order valence-corrected chi connectivity index (χ4v) is 4.65. The number of rotatable bonds is 5. The summed E-state index contributed by atoms with van der Waals surface area (Å²) in [6.07, 6.45) is 2.63. The van der Waals surface area contributed by atoms with Crippen LogP contribution in [0.5, 0.6) is 0 Å². The lowest BCUT2D eigenvalue weighted by molar-refractivity contribution is 0.0666. The van der Waals surface area contributed by atoms with Crippen LogP contribution in [-0.4, -0.2) is 36.5 Å². The minimum Gasteiger partial charge on any atom is -0.391 e. The van der Waals surface area contributed by atoms with Crippen molar-refractivity contribution in [2.24, 2.45) is 0 Å². The second-order valence-electron chi connectivity index (χ2n) is 5.39. The van der Waals surface area contributed by atoms with Gasteiger partial charge in [0.05, 0.1) is 17.9 Å². The van der Waals surface area contributed by atoms with Gasteiger partial charge in [0.15, 0.2) is 0 Å². The molecule has 5 heteroatoms. The van der Waals surface area contributed by atoms with Gasteiger partial charge >= 0.3 is 0 Å². The maximum atomic E-state index is 12.6. The van der Waals surface area contributed by atoms with Crippen molar-refractivity contribution in [2.45, 2.75) is 50.5 Å². The maximum absolute atomic E-state index is 12.6. The van der Waals surface area contributed by atoms with E-state index in [1.54, 1.807) is 0 Å². The van der Waals surface area contributed by atoms with Gasteiger partial charge in [0.2, 0.25) is 10.0 Å². The quantitative estimate of drug-likeness (QED) is 0.906. The number of benzene rings is 1. The van der Waals surface area contributed by atoms with Crippen molar-refractivity contribution in [3.05, 3.63) is 35.9 Å². The van der Waals surface area contributed by atoms with E-state index in [4.69, 9.17) is 0 Å². The SMILES string of the molecule is CC[C@@H](O)[C@@H]1CCCCN1S(=O)(=O)Cc1ccccc1. The predicted octanol–water partition coefficient (Wildman–Crippen LogP) is 2.14. The molecule has 0 radical (unpaired) electrons. The summed E-state index contributed by atoms with van der Waals surface area (Å²) < 4.78 is 26.7. The third kappa shape index (κ3) is 3.59. The van der Waals surface area contributed by atoms with Crippen LogP contribution in [0.15, 0.2) is 30.3 Å². The number of hydrogen-bond acceptors (Lipinski definition) is 3. The van der Waals surface area contributed by atoms with Crippen molar-refractivity contribution in [1.29, 1.82) is 0 Å². The molecule has 0 bridgehead atoms. The van der Waals surface area contributed by atoms with Crippen LogP contribution in [0.3, 0.4) is 0 Å². The molecule has 1 aromatic rings. The zero-order valence-corrected chi connectivity index (χ0v) is 12.7. The van der Waals surface area contributed by atoms with Gasteiger partial charge < -0.3 is 5.11 Å². The zero-order chi connectivity index (χ0) is 14.6. The number of aliphatic hydroxyl groups is 1. The Morgan fingerprint density at radius 1 is 1.30 bits per heavy atom. The van der Waals surface area contributed by atoms with Gasteiger partial charge in [-0.2, -0.15) is 4.31 Å². The highest BCUT2D eigenvalue weighted by molar-refractivity contribution is 7.88. The Hall–Kier alpha value is -0.910. The molecule has 20 heavy (non-hydrogen) atoms. The van der Waals surface area contributed by atoms with Gasteiger partial charge in [-0.05, 0) is 24.8 Å². The van der Waals surface area contributed by atoms with Crippen LogP contribution < -0.4 is 0 Å². The highest BCUT2D eigenvalue weighted by Crippen LogP contribution is 2.26. The van der Waals surface area contributed by atoms with E-state index in [1.165, 1.54) is 4.31 Å². The third-order valence-corrected chi connectivity index (χ3v) is 5.78. The lowest BCUT2D eigenvalue weighted by Crippen LogP contribution is -2.49. The van der Waals surface area contributed by atoms with Gasteiger partial charge in [-0.3, -0.25) is 0 Å². The van der Waals surface area contributed by atoms with Crippen LogP contribution in [0.25, 0.3) is 0 Å². The molecule has 4 nitrogen and oxygen atoms in total. The average molecular weight is 297 g/mol. The summed E-state index contributed by atoms with van der Waals surface area (Å²) in [4.78, 5) is 0. The van der Waals surface area contributed by atoms with E-state index in [1.807, 2.05) is 37.3 Å². The molecule has 0 unspecified atom stereocenters. The predicted molar refractivity (Wildman–Crippen MR) is 79.7 cm³/mol. The number of aliphatic hydroxyl groups excluding tert-OH is 1. The maximum Gasteiger partial charge on any atom is 0.218 e. The molecule has 0 saturated carbocycles. The molecule has 1 aliphatic rings. The van der Waals surface area contributed by atoms with Crippen LogP contribution in [0, 0.1) is 0 Å². The lowest BCUT2D eigenvalue weighted by atomic mass is 9.98. The fourth-order valence-electron chi connectivity index (χ4n) is 2.80. The van der Waals surface area contributed by atoms with Crippen molar-refractivity contribution >= 4 is 10.0 Å². The van der Waals surface area contributed by atoms with E-state index in [9.17, 15) is 13.5 Å². The smallest absolute Gasteiger partial charge is 0.218 e. The van der Waals surface area contributed by atoms with Crippen LogP contribution in [-0.2, 0) is 15.8 Å². The van der Waals surface area contributed by atoms with Gasteiger partial charge in [0.25, 0.3) is 0 Å². The number of sulfonamides is 1. The minimum absolute atomic E-state index is 0.0147. The van der Waals surface area contributed by atoms with Crippen molar-refractivity contribution in [1.82, 2.24) is 4.31 Å². The molecule has 1 fully saturated rings. The van der Waals surface area contributed by atoms with Gasteiger partial charge in [-0.15, -0.1) is 0 Å². The summed E-state index contributed by atoms with van der Waals surface area (Å²) in [5.41, 5.74) is 0.794. The van der Waals surface area contributed by atoms with Crippen LogP contribution >= 0.6 is 0 Å². The van der Waals surface area contributed by atoms with E-state index in [0.717, 1.165) is 24.8 Å². The van der Waals surface area contributed by atoms with Gasteiger partial charge in [-0.1, -0.05) is 43.7 Å². The molecular weight excluding hydrogens is 274 g/mol. The van der Waals surface area contributed by atoms with E-state index < -0.39 is 16.1 Å². The summed E-state index contributed by atoms with van der Waals surface area (Å²) >= 11 is 0. The lowest BCUT2D eigenvalue weighted by Gasteiger charge is -2.37. The van der Waals surface area contributed by atoms with Crippen LogP contribution in [0.4, 0.5) is 0 Å². The summed E-state index contributed by atoms with van der Waals surface area (Å²) in [5.74, 6) is 0.0147. The minimum atomic E-state index is -3.37. The summed E-state index contributed by atoms with van der Waals surface area (Å²) in [7, 11) is -3.37. The number of hydrogen-bond donors (Lipinski definition) is 1. The van der Waals surface area contributed by atoms with E-state index >= 15 is 0 Å². The largest absolute Gasteiger partial charge is 0.391 e. The van der Waals surface area contributed by atoms with Crippen molar-refractivity contribution in [3.63, 3.8) is 0 Å². The van der Waals surface area contributed by atoms with Crippen molar-refractivity contribution in [3.8, 4) is 0 Å². The molecule has 2 atom stereocenters. The van der Waals surface area contributed by atoms with Gasteiger partial charge in [0, 0.05) is 6.54 Å². The van der Waals surface area contributed by atoms with E-state index in [2.05, 4.69) is 0 Å². The first-order valence-corrected chi connectivity index (χ1v) is 8.87. The highest BCUT2D eigenvalue weighted by atomic mass is 32.2.